The highest BCUT2D eigenvalue weighted by Gasteiger charge is 2.25. The van der Waals surface area contributed by atoms with E-state index in [1.807, 2.05) is 6.92 Å². The first-order valence-corrected chi connectivity index (χ1v) is 10.8. The number of ether oxygens (including phenoxy) is 2. The zero-order valence-corrected chi connectivity index (χ0v) is 17.0. The Hall–Kier alpha value is -1.70. The van der Waals surface area contributed by atoms with Gasteiger partial charge in [-0.2, -0.15) is 4.76 Å². The fraction of sp³-hybridized carbons (Fsp3) is 0.333. The second kappa shape index (κ2) is 10.3. The average Bonchev–Trinajstić information content (AvgIpc) is 2.54. The van der Waals surface area contributed by atoms with Crippen LogP contribution in [0.5, 0.6) is 11.5 Å². The molecule has 0 saturated carbocycles. The summed E-state index contributed by atoms with van der Waals surface area (Å²) in [6.45, 7) is 0.219. The highest BCUT2D eigenvalue weighted by molar-refractivity contribution is 8.15. The quantitative estimate of drug-likeness (QED) is 0.176. The predicted octanol–water partition coefficient (Wildman–Crippen LogP) is 3.46. The minimum absolute atomic E-state index is 0.211. The van der Waals surface area contributed by atoms with Gasteiger partial charge in [-0.25, -0.2) is 4.79 Å². The summed E-state index contributed by atoms with van der Waals surface area (Å²) in [4.78, 5) is 11.4. The number of nitrogens with zero attached hydrogens (tertiary/aromatic N) is 1. The summed E-state index contributed by atoms with van der Waals surface area (Å²) in [5, 5.41) is 0.242. The van der Waals surface area contributed by atoms with E-state index < -0.39 is 12.6 Å². The number of thioether (sulfide) groups is 1. The number of nitrogens with two attached hydrogens (primary N) is 1. The molecule has 25 heavy (non-hydrogen) atoms. The maximum atomic E-state index is 11.4. The summed E-state index contributed by atoms with van der Waals surface area (Å²) in [6.07, 6.45) is 1.16. The number of allylic oxidation sites excluding steroid dienone is 1. The van der Waals surface area contributed by atoms with Crippen LogP contribution in [0.2, 0.25) is 0 Å². The van der Waals surface area contributed by atoms with Gasteiger partial charge in [0.25, 0.3) is 0 Å². The van der Waals surface area contributed by atoms with Crippen LogP contribution in [-0.2, 0) is 25.9 Å². The molecule has 2 N–H and O–H groups in total. The average molecular weight is 404 g/mol. The molecule has 0 fully saturated rings. The fourth-order valence-corrected chi connectivity index (χ4v) is 4.65. The second-order valence-electron chi connectivity index (χ2n) is 4.45. The van der Waals surface area contributed by atoms with Crippen molar-refractivity contribution >= 4 is 41.3 Å². The molecule has 0 saturated heterocycles. The molecule has 0 amide bonds. The van der Waals surface area contributed by atoms with Crippen LogP contribution in [0.4, 0.5) is 0 Å². The number of hydrogen-bond acceptors (Lipinski definition) is 7. The van der Waals surface area contributed by atoms with Gasteiger partial charge in [0.1, 0.15) is 5.76 Å². The molecule has 7 nitrogen and oxygen atoms in total. The third-order valence-corrected chi connectivity index (χ3v) is 5.49. The number of esters is 1. The van der Waals surface area contributed by atoms with E-state index in [0.717, 1.165) is 11.8 Å². The summed E-state index contributed by atoms with van der Waals surface area (Å²) in [5.41, 5.74) is 5.87. The van der Waals surface area contributed by atoms with Crippen LogP contribution in [0.3, 0.4) is 0 Å². The standard InChI is InChI=1S/C15H21N2O5PS2/c1-5-25-15(16)17-23(24,21-11(2)10-14(18)20-4)22-13-9-7-6-8-12(13)19-3/h6-10H,5H2,1-4H3,(H2,16,17,24). The number of carbonyl (C=O) groups is 1. The number of amidine groups is 1. The molecule has 0 aromatic heterocycles. The Balaban J connectivity index is 3.19. The number of para-hydroxylation sites is 2. The third kappa shape index (κ3) is 7.37. The maximum absolute atomic E-state index is 11.4. The summed E-state index contributed by atoms with van der Waals surface area (Å²) >= 11 is 6.80. The van der Waals surface area contributed by atoms with E-state index in [-0.39, 0.29) is 10.9 Å². The van der Waals surface area contributed by atoms with Crippen molar-refractivity contribution in [2.24, 2.45) is 10.5 Å². The lowest BCUT2D eigenvalue weighted by Gasteiger charge is -2.21. The molecule has 1 aromatic rings. The number of rotatable bonds is 8. The van der Waals surface area contributed by atoms with Crippen molar-refractivity contribution in [3.05, 3.63) is 36.1 Å². The van der Waals surface area contributed by atoms with Gasteiger partial charge in [-0.15, -0.1) is 0 Å². The van der Waals surface area contributed by atoms with Crippen molar-refractivity contribution in [3.63, 3.8) is 0 Å². The van der Waals surface area contributed by atoms with Crippen LogP contribution >= 0.6 is 18.4 Å². The first-order chi connectivity index (χ1) is 11.8. The molecular weight excluding hydrogens is 383 g/mol. The summed E-state index contributed by atoms with van der Waals surface area (Å²) < 4.78 is 25.5. The number of carbonyl (C=O) groups excluding carboxylic acids is 1. The highest BCUT2D eigenvalue weighted by Crippen LogP contribution is 2.54. The number of methoxy groups -OCH3 is 2. The van der Waals surface area contributed by atoms with Crippen molar-refractivity contribution in [1.82, 2.24) is 0 Å². The first-order valence-electron chi connectivity index (χ1n) is 7.20. The van der Waals surface area contributed by atoms with Crippen LogP contribution < -0.4 is 15.0 Å². The normalized spacial score (nSPS) is 14.4. The minimum atomic E-state index is -3.27. The summed E-state index contributed by atoms with van der Waals surface area (Å²) in [6, 6.07) is 6.97. The predicted molar refractivity (Wildman–Crippen MR) is 105 cm³/mol. The van der Waals surface area contributed by atoms with E-state index in [0.29, 0.717) is 11.5 Å². The van der Waals surface area contributed by atoms with Crippen LogP contribution in [0, 0.1) is 0 Å². The monoisotopic (exact) mass is 404 g/mol. The Kier molecular flexibility index (Phi) is 8.82. The molecule has 1 rings (SSSR count). The number of benzene rings is 1. The van der Waals surface area contributed by atoms with Gasteiger partial charge < -0.3 is 24.3 Å². The van der Waals surface area contributed by atoms with Gasteiger partial charge in [0, 0.05) is 11.8 Å². The lowest BCUT2D eigenvalue weighted by molar-refractivity contribution is -0.135. The second-order valence-corrected chi connectivity index (χ2v) is 8.62. The molecule has 0 aliphatic heterocycles. The fourth-order valence-electron chi connectivity index (χ4n) is 1.61. The molecule has 10 heteroatoms. The molecule has 0 bridgehead atoms. The van der Waals surface area contributed by atoms with E-state index in [4.69, 9.17) is 31.3 Å². The van der Waals surface area contributed by atoms with Gasteiger partial charge in [-0.1, -0.05) is 30.8 Å². The van der Waals surface area contributed by atoms with E-state index in [1.165, 1.54) is 26.0 Å². The van der Waals surface area contributed by atoms with E-state index >= 15 is 0 Å². The number of hydrogen-bond donors (Lipinski definition) is 1. The van der Waals surface area contributed by atoms with Gasteiger partial charge in [0.05, 0.1) is 20.3 Å². The molecular formula is C15H21N2O5PS2. The highest BCUT2D eigenvalue weighted by atomic mass is 32.5. The minimum Gasteiger partial charge on any atom is -0.493 e. The van der Waals surface area contributed by atoms with Gasteiger partial charge in [-0.3, -0.25) is 0 Å². The SMILES string of the molecule is CCSC(N)=NP(=S)(OC(C)=CC(=O)OC)Oc1ccccc1OC. The smallest absolute Gasteiger partial charge is 0.416 e. The Morgan fingerprint density at radius 2 is 2.00 bits per heavy atom. The van der Waals surface area contributed by atoms with Gasteiger partial charge in [0.15, 0.2) is 16.7 Å². The maximum Gasteiger partial charge on any atom is 0.416 e. The molecule has 0 radical (unpaired) electrons. The van der Waals surface area contributed by atoms with Gasteiger partial charge in [0.2, 0.25) is 0 Å². The molecule has 1 atom stereocenters. The topological polar surface area (TPSA) is 92.4 Å². The van der Waals surface area contributed by atoms with Crippen LogP contribution in [0.15, 0.2) is 40.9 Å². The zero-order valence-electron chi connectivity index (χ0n) is 14.4. The lowest BCUT2D eigenvalue weighted by Crippen LogP contribution is -2.09. The zero-order chi connectivity index (χ0) is 18.9. The Morgan fingerprint density at radius 3 is 2.56 bits per heavy atom. The van der Waals surface area contributed by atoms with Crippen molar-refractivity contribution in [2.45, 2.75) is 13.8 Å². The lowest BCUT2D eigenvalue weighted by atomic mass is 10.3. The van der Waals surface area contributed by atoms with E-state index in [1.54, 1.807) is 31.2 Å². The molecule has 1 unspecified atom stereocenters. The molecule has 1 aromatic carbocycles. The largest absolute Gasteiger partial charge is 0.493 e. The Bertz CT molecular complexity index is 709. The molecule has 0 aliphatic carbocycles. The molecule has 0 spiro atoms. The van der Waals surface area contributed by atoms with Gasteiger partial charge >= 0.3 is 12.6 Å². The summed E-state index contributed by atoms with van der Waals surface area (Å²) in [7, 11) is 2.78. The van der Waals surface area contributed by atoms with Crippen molar-refractivity contribution in [2.75, 3.05) is 20.0 Å². The first kappa shape index (κ1) is 21.3. The molecule has 0 heterocycles. The summed E-state index contributed by atoms with van der Waals surface area (Å²) in [5.74, 6) is 1.21. The van der Waals surface area contributed by atoms with E-state index in [9.17, 15) is 4.79 Å². The van der Waals surface area contributed by atoms with Crippen LogP contribution in [0.1, 0.15) is 13.8 Å². The van der Waals surface area contributed by atoms with Gasteiger partial charge in [-0.05, 0) is 24.8 Å². The van der Waals surface area contributed by atoms with Crippen LogP contribution in [-0.4, -0.2) is 31.1 Å². The van der Waals surface area contributed by atoms with Crippen molar-refractivity contribution in [1.29, 1.82) is 0 Å². The van der Waals surface area contributed by atoms with E-state index in [2.05, 4.69) is 9.50 Å². The molecule has 138 valence electrons. The molecule has 0 aliphatic rings. The van der Waals surface area contributed by atoms with Crippen molar-refractivity contribution < 1.29 is 23.3 Å². The third-order valence-electron chi connectivity index (χ3n) is 2.58. The Labute approximate surface area is 156 Å². The van der Waals surface area contributed by atoms with Crippen LogP contribution in [0.25, 0.3) is 0 Å². The van der Waals surface area contributed by atoms with Crippen molar-refractivity contribution in [3.8, 4) is 11.5 Å². The Morgan fingerprint density at radius 1 is 1.36 bits per heavy atom.